The maximum absolute atomic E-state index is 12.9. The van der Waals surface area contributed by atoms with Crippen molar-refractivity contribution in [1.82, 2.24) is 23.6 Å². The Labute approximate surface area is 190 Å². The number of rotatable bonds is 7. The zero-order valence-electron chi connectivity index (χ0n) is 16.2. The lowest BCUT2D eigenvalue weighted by atomic mass is 10.3. The molecule has 30 heavy (non-hydrogen) atoms. The van der Waals surface area contributed by atoms with Gasteiger partial charge in [-0.15, -0.1) is 11.3 Å². The number of benzene rings is 1. The van der Waals surface area contributed by atoms with Crippen LogP contribution in [0.25, 0.3) is 0 Å². The van der Waals surface area contributed by atoms with Crippen LogP contribution in [-0.2, 0) is 29.7 Å². The van der Waals surface area contributed by atoms with Crippen molar-refractivity contribution in [3.05, 3.63) is 62.8 Å². The normalized spacial score (nSPS) is 16.2. The van der Waals surface area contributed by atoms with E-state index in [1.807, 2.05) is 10.6 Å². The molecule has 1 aliphatic heterocycles. The molecule has 11 heteroatoms. The van der Waals surface area contributed by atoms with Crippen LogP contribution in [0.3, 0.4) is 0 Å². The van der Waals surface area contributed by atoms with Crippen LogP contribution in [0.1, 0.15) is 4.88 Å². The predicted molar refractivity (Wildman–Crippen MR) is 121 cm³/mol. The average molecular weight is 484 g/mol. The average Bonchev–Trinajstić information content (AvgIpc) is 3.38. The molecule has 1 aliphatic rings. The molecule has 0 saturated carbocycles. The monoisotopic (exact) mass is 483 g/mol. The second-order valence-electron chi connectivity index (χ2n) is 7.03. The van der Waals surface area contributed by atoms with E-state index in [1.54, 1.807) is 46.6 Å². The minimum absolute atomic E-state index is 0.159. The van der Waals surface area contributed by atoms with Crippen molar-refractivity contribution in [2.24, 2.45) is 0 Å². The first-order valence-electron chi connectivity index (χ1n) is 9.57. The molecule has 0 spiro atoms. The van der Waals surface area contributed by atoms with Crippen LogP contribution in [0.4, 0.5) is 0 Å². The molecule has 160 valence electrons. The van der Waals surface area contributed by atoms with Crippen molar-refractivity contribution < 1.29 is 8.42 Å². The maximum atomic E-state index is 12.9. The summed E-state index contributed by atoms with van der Waals surface area (Å²) in [6, 6.07) is 10.7. The summed E-state index contributed by atoms with van der Waals surface area (Å²) in [6.45, 7) is 3.36. The second-order valence-corrected chi connectivity index (χ2v) is 10.7. The molecule has 0 aliphatic carbocycles. The number of sulfonamides is 1. The molecule has 7 nitrogen and oxygen atoms in total. The quantitative estimate of drug-likeness (QED) is 0.482. The highest BCUT2D eigenvalue weighted by Gasteiger charge is 2.30. The SMILES string of the molecule is O=S(=O)(c1ccccc1Cl)N1CCN(Cn2ncn(CCc3cccs3)c2=S)CC1. The second kappa shape index (κ2) is 9.29. The van der Waals surface area contributed by atoms with Gasteiger partial charge in [0.25, 0.3) is 0 Å². The number of aromatic nitrogens is 3. The van der Waals surface area contributed by atoms with Gasteiger partial charge in [0.05, 0.1) is 11.7 Å². The maximum Gasteiger partial charge on any atom is 0.244 e. The third-order valence-electron chi connectivity index (χ3n) is 5.10. The third kappa shape index (κ3) is 4.68. The van der Waals surface area contributed by atoms with Crippen molar-refractivity contribution in [2.45, 2.75) is 24.5 Å². The molecular formula is C19H22ClN5O2S3. The zero-order valence-corrected chi connectivity index (χ0v) is 19.4. The number of piperazine rings is 1. The van der Waals surface area contributed by atoms with Gasteiger partial charge in [-0.05, 0) is 42.2 Å². The van der Waals surface area contributed by atoms with Crippen LogP contribution in [-0.4, -0.2) is 58.1 Å². The molecule has 0 atom stereocenters. The van der Waals surface area contributed by atoms with Crippen molar-refractivity contribution >= 4 is 45.2 Å². The molecule has 2 aromatic heterocycles. The van der Waals surface area contributed by atoms with Gasteiger partial charge in [-0.1, -0.05) is 29.8 Å². The number of hydrogen-bond donors (Lipinski definition) is 0. The van der Waals surface area contributed by atoms with Gasteiger partial charge in [0.15, 0.2) is 4.77 Å². The summed E-state index contributed by atoms with van der Waals surface area (Å²) >= 11 is 13.4. The van der Waals surface area contributed by atoms with Crippen molar-refractivity contribution in [1.29, 1.82) is 0 Å². The molecule has 3 heterocycles. The van der Waals surface area contributed by atoms with Crippen molar-refractivity contribution in [3.8, 4) is 0 Å². The van der Waals surface area contributed by atoms with Gasteiger partial charge >= 0.3 is 0 Å². The summed E-state index contributed by atoms with van der Waals surface area (Å²) in [5.41, 5.74) is 0. The Morgan fingerprint density at radius 1 is 1.10 bits per heavy atom. The van der Waals surface area contributed by atoms with E-state index in [1.165, 1.54) is 9.18 Å². The predicted octanol–water partition coefficient (Wildman–Crippen LogP) is 3.34. The lowest BCUT2D eigenvalue weighted by Crippen LogP contribution is -2.49. The van der Waals surface area contributed by atoms with E-state index in [-0.39, 0.29) is 9.92 Å². The molecule has 0 bridgehead atoms. The van der Waals surface area contributed by atoms with Crippen molar-refractivity contribution in [3.63, 3.8) is 0 Å². The first kappa shape index (κ1) is 21.7. The summed E-state index contributed by atoms with van der Waals surface area (Å²) < 4.78 is 31.7. The Balaban J connectivity index is 1.35. The molecule has 1 aromatic carbocycles. The van der Waals surface area contributed by atoms with E-state index in [4.69, 9.17) is 23.8 Å². The van der Waals surface area contributed by atoms with Gasteiger partial charge in [-0.25, -0.2) is 13.1 Å². The van der Waals surface area contributed by atoms with Gasteiger partial charge in [0.1, 0.15) is 11.2 Å². The smallest absolute Gasteiger partial charge is 0.244 e. The lowest BCUT2D eigenvalue weighted by Gasteiger charge is -2.33. The topological polar surface area (TPSA) is 63.4 Å². The van der Waals surface area contributed by atoms with Gasteiger partial charge in [-0.2, -0.15) is 9.40 Å². The molecule has 0 N–H and O–H groups in total. The van der Waals surface area contributed by atoms with Crippen LogP contribution < -0.4 is 0 Å². The Hall–Kier alpha value is -1.56. The van der Waals surface area contributed by atoms with E-state index >= 15 is 0 Å². The van der Waals surface area contributed by atoms with E-state index in [0.717, 1.165) is 13.0 Å². The van der Waals surface area contributed by atoms with Crippen LogP contribution in [0.2, 0.25) is 5.02 Å². The Morgan fingerprint density at radius 3 is 2.57 bits per heavy atom. The highest BCUT2D eigenvalue weighted by Crippen LogP contribution is 2.25. The summed E-state index contributed by atoms with van der Waals surface area (Å²) in [4.78, 5) is 3.64. The van der Waals surface area contributed by atoms with E-state index < -0.39 is 10.0 Å². The Bertz CT molecular complexity index is 1150. The fourth-order valence-electron chi connectivity index (χ4n) is 3.40. The highest BCUT2D eigenvalue weighted by atomic mass is 35.5. The zero-order chi connectivity index (χ0) is 21.1. The molecule has 1 fully saturated rings. The van der Waals surface area contributed by atoms with E-state index in [9.17, 15) is 8.42 Å². The van der Waals surface area contributed by atoms with Crippen molar-refractivity contribution in [2.75, 3.05) is 26.2 Å². The van der Waals surface area contributed by atoms with Crippen LogP contribution >= 0.6 is 35.2 Å². The largest absolute Gasteiger partial charge is 0.306 e. The summed E-state index contributed by atoms with van der Waals surface area (Å²) in [5.74, 6) is 0. The molecule has 1 saturated heterocycles. The van der Waals surface area contributed by atoms with Crippen LogP contribution in [0, 0.1) is 4.77 Å². The van der Waals surface area contributed by atoms with Gasteiger partial charge in [0.2, 0.25) is 10.0 Å². The number of thiophene rings is 1. The number of hydrogen-bond acceptors (Lipinski definition) is 6. The minimum atomic E-state index is -3.59. The molecule has 0 amide bonds. The van der Waals surface area contributed by atoms with Gasteiger partial charge < -0.3 is 4.57 Å². The Morgan fingerprint density at radius 2 is 1.87 bits per heavy atom. The summed E-state index contributed by atoms with van der Waals surface area (Å²) in [6.07, 6.45) is 2.70. The first-order chi connectivity index (χ1) is 14.4. The molecule has 3 aromatic rings. The fraction of sp³-hybridized carbons (Fsp3) is 0.368. The van der Waals surface area contributed by atoms with Gasteiger partial charge in [0, 0.05) is 37.6 Å². The van der Waals surface area contributed by atoms with E-state index in [0.29, 0.717) is 37.6 Å². The highest BCUT2D eigenvalue weighted by molar-refractivity contribution is 7.89. The molecule has 0 radical (unpaired) electrons. The summed E-state index contributed by atoms with van der Waals surface area (Å²) in [5, 5.41) is 6.75. The lowest BCUT2D eigenvalue weighted by molar-refractivity contribution is 0.144. The standard InChI is InChI=1S/C19H22ClN5O2S3/c20-17-5-1-2-6-18(17)30(26,27)24-11-9-22(10-12-24)15-25-19(28)23(14-21-25)8-7-16-4-3-13-29-16/h1-6,13-14H,7-12,15H2. The third-order valence-corrected chi connectivity index (χ3v) is 8.88. The fourth-order valence-corrected chi connectivity index (χ4v) is 6.26. The van der Waals surface area contributed by atoms with Crippen LogP contribution in [0.5, 0.6) is 0 Å². The first-order valence-corrected chi connectivity index (χ1v) is 12.7. The van der Waals surface area contributed by atoms with Crippen LogP contribution in [0.15, 0.2) is 53.0 Å². The molecule has 0 unspecified atom stereocenters. The molecule has 4 rings (SSSR count). The Kier molecular flexibility index (Phi) is 6.71. The number of nitrogens with zero attached hydrogens (tertiary/aromatic N) is 5. The molecular weight excluding hydrogens is 462 g/mol. The van der Waals surface area contributed by atoms with E-state index in [2.05, 4.69) is 21.4 Å². The number of halogens is 1. The minimum Gasteiger partial charge on any atom is -0.306 e. The van der Waals surface area contributed by atoms with Gasteiger partial charge in [-0.3, -0.25) is 4.90 Å². The number of aryl methyl sites for hydroxylation is 2. The summed E-state index contributed by atoms with van der Waals surface area (Å²) in [7, 11) is -3.59.